The van der Waals surface area contributed by atoms with Gasteiger partial charge in [-0.15, -0.1) is 0 Å². The Hall–Kier alpha value is -2.11. The van der Waals surface area contributed by atoms with Crippen LogP contribution in [0.15, 0.2) is 36.4 Å². The summed E-state index contributed by atoms with van der Waals surface area (Å²) in [7, 11) is 0. The fraction of sp³-hybridized carbons (Fsp3) is 0.278. The molecule has 0 saturated heterocycles. The van der Waals surface area contributed by atoms with E-state index >= 15 is 0 Å². The van der Waals surface area contributed by atoms with Crippen molar-refractivity contribution in [3.63, 3.8) is 0 Å². The van der Waals surface area contributed by atoms with Gasteiger partial charge in [0.1, 0.15) is 23.1 Å². The molecule has 1 heterocycles. The normalized spacial score (nSPS) is 13.3. The summed E-state index contributed by atoms with van der Waals surface area (Å²) in [6, 6.07) is 10.3. The van der Waals surface area contributed by atoms with Crippen LogP contribution < -0.4 is 10.1 Å². The number of amides is 2. The van der Waals surface area contributed by atoms with Gasteiger partial charge in [0, 0.05) is 13.1 Å². The largest absolute Gasteiger partial charge is 0.508 e. The number of phenolic OH excluding ortho intramolecular Hbond substituents is 1. The quantitative estimate of drug-likeness (QED) is 0.791. The molecule has 0 atom stereocenters. The van der Waals surface area contributed by atoms with Gasteiger partial charge in [0.05, 0.1) is 11.6 Å². The molecule has 25 heavy (non-hydrogen) atoms. The lowest BCUT2D eigenvalue weighted by Crippen LogP contribution is -2.43. The van der Waals surface area contributed by atoms with E-state index in [1.54, 1.807) is 35.2 Å². The van der Waals surface area contributed by atoms with E-state index in [9.17, 15) is 9.90 Å². The van der Waals surface area contributed by atoms with E-state index in [1.807, 2.05) is 6.07 Å². The van der Waals surface area contributed by atoms with E-state index in [0.29, 0.717) is 35.4 Å². The summed E-state index contributed by atoms with van der Waals surface area (Å²) in [6.45, 7) is 1.77. The van der Waals surface area contributed by atoms with Crippen molar-refractivity contribution in [3.05, 3.63) is 57.6 Å². The topological polar surface area (TPSA) is 61.8 Å². The van der Waals surface area contributed by atoms with Crippen molar-refractivity contribution >= 4 is 29.2 Å². The number of nitrogens with one attached hydrogen (secondary N) is 1. The van der Waals surface area contributed by atoms with E-state index in [2.05, 4.69) is 5.32 Å². The first-order valence-electron chi connectivity index (χ1n) is 7.95. The van der Waals surface area contributed by atoms with Crippen LogP contribution >= 0.6 is 23.2 Å². The lowest BCUT2D eigenvalue weighted by Gasteiger charge is -2.29. The third kappa shape index (κ3) is 4.30. The molecule has 2 aromatic rings. The molecule has 0 aromatic heterocycles. The molecule has 0 fully saturated rings. The molecule has 0 saturated carbocycles. The maximum absolute atomic E-state index is 12.3. The fourth-order valence-electron chi connectivity index (χ4n) is 2.74. The summed E-state index contributed by atoms with van der Waals surface area (Å²) in [4.78, 5) is 14.0. The van der Waals surface area contributed by atoms with Gasteiger partial charge in [0.2, 0.25) is 0 Å². The van der Waals surface area contributed by atoms with Crippen LogP contribution in [0, 0.1) is 0 Å². The number of nitrogens with zero attached hydrogens (tertiary/aromatic N) is 1. The third-order valence-corrected chi connectivity index (χ3v) is 4.84. The average molecular weight is 381 g/mol. The molecular weight excluding hydrogens is 363 g/mol. The molecule has 1 aliphatic heterocycles. The Bertz CT molecular complexity index is 783. The van der Waals surface area contributed by atoms with E-state index in [4.69, 9.17) is 27.9 Å². The molecule has 3 rings (SSSR count). The molecule has 0 radical (unpaired) electrons. The minimum absolute atomic E-state index is 0.158. The maximum Gasteiger partial charge on any atom is 0.317 e. The van der Waals surface area contributed by atoms with Crippen LogP contribution in [0.5, 0.6) is 11.5 Å². The third-order valence-electron chi connectivity index (χ3n) is 4.04. The average Bonchev–Trinajstić information content (AvgIpc) is 2.61. The lowest BCUT2D eigenvalue weighted by molar-refractivity contribution is 0.189. The summed E-state index contributed by atoms with van der Waals surface area (Å²) >= 11 is 12.0. The predicted molar refractivity (Wildman–Crippen MR) is 97.6 cm³/mol. The maximum atomic E-state index is 12.3. The Morgan fingerprint density at radius 2 is 2.08 bits per heavy atom. The van der Waals surface area contributed by atoms with Crippen LogP contribution in [0.4, 0.5) is 4.79 Å². The van der Waals surface area contributed by atoms with Gasteiger partial charge < -0.3 is 20.1 Å². The van der Waals surface area contributed by atoms with Crippen LogP contribution in [-0.2, 0) is 13.0 Å². The molecule has 2 aromatic carbocycles. The number of carbonyl (C=O) groups excluding carboxylic acids is 1. The first-order chi connectivity index (χ1) is 12.0. The first kappa shape index (κ1) is 17.7. The molecular formula is C18H18Cl2N2O3. The molecule has 0 unspecified atom stereocenters. The van der Waals surface area contributed by atoms with Crippen LogP contribution in [0.1, 0.15) is 11.1 Å². The van der Waals surface area contributed by atoms with Crippen molar-refractivity contribution in [3.8, 4) is 11.5 Å². The van der Waals surface area contributed by atoms with Gasteiger partial charge >= 0.3 is 6.03 Å². The summed E-state index contributed by atoms with van der Waals surface area (Å²) < 4.78 is 5.54. The molecule has 2 N–H and O–H groups in total. The lowest BCUT2D eigenvalue weighted by atomic mass is 10.00. The number of aromatic hydroxyl groups is 1. The summed E-state index contributed by atoms with van der Waals surface area (Å²) in [6.07, 6.45) is 0.775. The standard InChI is InChI=1S/C18H18Cl2N2O3/c19-15-2-1-3-16(17(15)20)25-9-7-21-18(24)22-8-6-12-4-5-14(23)10-13(12)11-22/h1-5,10,23H,6-9,11H2,(H,21,24). The minimum Gasteiger partial charge on any atom is -0.508 e. The second-order valence-electron chi connectivity index (χ2n) is 5.76. The Morgan fingerprint density at radius 1 is 1.24 bits per heavy atom. The van der Waals surface area contributed by atoms with Gasteiger partial charge in [0.25, 0.3) is 0 Å². The van der Waals surface area contributed by atoms with Crippen molar-refractivity contribution in [1.82, 2.24) is 10.2 Å². The summed E-state index contributed by atoms with van der Waals surface area (Å²) in [5.41, 5.74) is 2.14. The zero-order valence-corrected chi connectivity index (χ0v) is 15.0. The van der Waals surface area contributed by atoms with E-state index in [1.165, 1.54) is 5.56 Å². The van der Waals surface area contributed by atoms with Crippen LogP contribution in [0.3, 0.4) is 0 Å². The highest BCUT2D eigenvalue weighted by Gasteiger charge is 2.20. The van der Waals surface area contributed by atoms with Crippen molar-refractivity contribution < 1.29 is 14.6 Å². The van der Waals surface area contributed by atoms with E-state index in [0.717, 1.165) is 12.0 Å². The van der Waals surface area contributed by atoms with Gasteiger partial charge in [-0.05, 0) is 41.8 Å². The molecule has 0 bridgehead atoms. The van der Waals surface area contributed by atoms with Gasteiger partial charge in [0.15, 0.2) is 0 Å². The Labute approximate surface area is 156 Å². The van der Waals surface area contributed by atoms with Crippen molar-refractivity contribution in [2.45, 2.75) is 13.0 Å². The SMILES string of the molecule is O=C(NCCOc1cccc(Cl)c1Cl)N1CCc2ccc(O)cc2C1. The zero-order chi connectivity index (χ0) is 17.8. The van der Waals surface area contributed by atoms with Crippen molar-refractivity contribution in [2.24, 2.45) is 0 Å². The molecule has 0 spiro atoms. The number of carbonyl (C=O) groups is 1. The fourth-order valence-corrected chi connectivity index (χ4v) is 3.09. The van der Waals surface area contributed by atoms with Crippen molar-refractivity contribution in [1.29, 1.82) is 0 Å². The van der Waals surface area contributed by atoms with E-state index < -0.39 is 0 Å². The number of benzene rings is 2. The Kier molecular flexibility index (Phi) is 5.56. The molecule has 2 amide bonds. The highest BCUT2D eigenvalue weighted by molar-refractivity contribution is 6.42. The predicted octanol–water partition coefficient (Wildman–Crippen LogP) is 3.85. The molecule has 0 aliphatic carbocycles. The minimum atomic E-state index is -0.158. The monoisotopic (exact) mass is 380 g/mol. The Morgan fingerprint density at radius 3 is 2.92 bits per heavy atom. The highest BCUT2D eigenvalue weighted by atomic mass is 35.5. The first-order valence-corrected chi connectivity index (χ1v) is 8.70. The van der Waals surface area contributed by atoms with Gasteiger partial charge in [-0.25, -0.2) is 4.79 Å². The van der Waals surface area contributed by atoms with Gasteiger partial charge in [-0.2, -0.15) is 0 Å². The smallest absolute Gasteiger partial charge is 0.317 e. The highest BCUT2D eigenvalue weighted by Crippen LogP contribution is 2.31. The number of rotatable bonds is 4. The number of fused-ring (bicyclic) bond motifs is 1. The number of hydrogen-bond acceptors (Lipinski definition) is 3. The van der Waals surface area contributed by atoms with Crippen LogP contribution in [0.25, 0.3) is 0 Å². The molecule has 5 nitrogen and oxygen atoms in total. The van der Waals surface area contributed by atoms with E-state index in [-0.39, 0.29) is 18.4 Å². The number of phenols is 1. The molecule has 1 aliphatic rings. The number of urea groups is 1. The number of hydrogen-bond donors (Lipinski definition) is 2. The summed E-state index contributed by atoms with van der Waals surface area (Å²) in [5.74, 6) is 0.707. The van der Waals surface area contributed by atoms with Crippen LogP contribution in [0.2, 0.25) is 10.0 Å². The number of ether oxygens (including phenoxy) is 1. The molecule has 7 heteroatoms. The summed E-state index contributed by atoms with van der Waals surface area (Å²) in [5, 5.41) is 13.2. The van der Waals surface area contributed by atoms with Gasteiger partial charge in [-0.3, -0.25) is 0 Å². The zero-order valence-electron chi connectivity index (χ0n) is 13.5. The Balaban J connectivity index is 1.48. The second kappa shape index (κ2) is 7.85. The van der Waals surface area contributed by atoms with Crippen LogP contribution in [-0.4, -0.2) is 35.7 Å². The second-order valence-corrected chi connectivity index (χ2v) is 6.54. The molecule has 132 valence electrons. The van der Waals surface area contributed by atoms with Gasteiger partial charge in [-0.1, -0.05) is 35.3 Å². The van der Waals surface area contributed by atoms with Crippen molar-refractivity contribution in [2.75, 3.05) is 19.7 Å². The number of halogens is 2.